The van der Waals surface area contributed by atoms with Gasteiger partial charge in [-0.15, -0.1) is 0 Å². The van der Waals surface area contributed by atoms with E-state index in [9.17, 15) is 10.2 Å². The minimum atomic E-state index is -0.895. The highest BCUT2D eigenvalue weighted by Crippen LogP contribution is 2.27. The second-order valence-corrected chi connectivity index (χ2v) is 6.54. The average molecular weight is 311 g/mol. The van der Waals surface area contributed by atoms with Gasteiger partial charge < -0.3 is 10.2 Å². The van der Waals surface area contributed by atoms with Gasteiger partial charge in [0, 0.05) is 13.1 Å². The lowest BCUT2D eigenvalue weighted by molar-refractivity contribution is -0.0255. The summed E-state index contributed by atoms with van der Waals surface area (Å²) in [5, 5.41) is 19.7. The van der Waals surface area contributed by atoms with Crippen LogP contribution in [0, 0.1) is 0 Å². The van der Waals surface area contributed by atoms with E-state index in [0.717, 1.165) is 26.1 Å². The Bertz CT molecular complexity index is 629. The summed E-state index contributed by atoms with van der Waals surface area (Å²) in [7, 11) is 0. The van der Waals surface area contributed by atoms with E-state index in [4.69, 9.17) is 0 Å². The molecule has 23 heavy (non-hydrogen) atoms. The van der Waals surface area contributed by atoms with Crippen molar-refractivity contribution in [3.63, 3.8) is 0 Å². The molecule has 1 aliphatic rings. The summed E-state index contributed by atoms with van der Waals surface area (Å²) >= 11 is 0. The van der Waals surface area contributed by atoms with E-state index in [1.807, 2.05) is 6.07 Å². The quantitative estimate of drug-likeness (QED) is 0.912. The predicted octanol–water partition coefficient (Wildman–Crippen LogP) is 3.06. The van der Waals surface area contributed by atoms with Gasteiger partial charge in [-0.1, -0.05) is 54.6 Å². The zero-order chi connectivity index (χ0) is 16.1. The van der Waals surface area contributed by atoms with E-state index in [2.05, 4.69) is 53.4 Å². The normalized spacial score (nSPS) is 22.7. The van der Waals surface area contributed by atoms with Gasteiger partial charge >= 0.3 is 0 Å². The minimum absolute atomic E-state index is 0.137. The van der Waals surface area contributed by atoms with Crippen LogP contribution in [0.3, 0.4) is 0 Å². The second-order valence-electron chi connectivity index (χ2n) is 6.54. The summed E-state index contributed by atoms with van der Waals surface area (Å²) < 4.78 is 0. The molecular formula is C20H25NO2. The molecule has 1 heterocycles. The van der Waals surface area contributed by atoms with Crippen LogP contribution in [0.2, 0.25) is 0 Å². The molecule has 2 aromatic carbocycles. The van der Waals surface area contributed by atoms with E-state index in [0.29, 0.717) is 12.8 Å². The summed E-state index contributed by atoms with van der Waals surface area (Å²) in [6.45, 7) is 2.53. The van der Waals surface area contributed by atoms with Gasteiger partial charge in [0.15, 0.2) is 0 Å². The Labute approximate surface area is 138 Å². The van der Waals surface area contributed by atoms with Crippen LogP contribution in [0.4, 0.5) is 0 Å². The van der Waals surface area contributed by atoms with Gasteiger partial charge in [0.2, 0.25) is 0 Å². The number of aliphatic hydroxyl groups is 2. The minimum Gasteiger partial charge on any atom is -0.393 e. The Kier molecular flexibility index (Phi) is 5.11. The van der Waals surface area contributed by atoms with Gasteiger partial charge in [-0.3, -0.25) is 4.90 Å². The Balaban J connectivity index is 1.76. The summed E-state index contributed by atoms with van der Waals surface area (Å²) in [6.07, 6.45) is 2.24. The molecule has 0 amide bonds. The lowest BCUT2D eigenvalue weighted by Gasteiger charge is -2.25. The Hall–Kier alpha value is -1.68. The molecule has 1 fully saturated rings. The summed E-state index contributed by atoms with van der Waals surface area (Å²) in [5.74, 6) is 0. The predicted molar refractivity (Wildman–Crippen MR) is 93.0 cm³/mol. The van der Waals surface area contributed by atoms with Gasteiger partial charge in [-0.2, -0.15) is 0 Å². The van der Waals surface area contributed by atoms with E-state index in [1.54, 1.807) is 0 Å². The van der Waals surface area contributed by atoms with Crippen LogP contribution in [-0.4, -0.2) is 40.4 Å². The van der Waals surface area contributed by atoms with Crippen molar-refractivity contribution in [3.05, 3.63) is 60.2 Å². The first-order valence-electron chi connectivity index (χ1n) is 8.39. The van der Waals surface area contributed by atoms with Crippen LogP contribution >= 0.6 is 0 Å². The Morgan fingerprint density at radius 2 is 1.65 bits per heavy atom. The molecule has 2 N–H and O–H groups in total. The molecule has 1 atom stereocenters. The van der Waals surface area contributed by atoms with Crippen LogP contribution in [-0.2, 0) is 6.54 Å². The van der Waals surface area contributed by atoms with Crippen LogP contribution in [0.1, 0.15) is 24.8 Å². The fourth-order valence-electron chi connectivity index (χ4n) is 3.35. The van der Waals surface area contributed by atoms with Gasteiger partial charge in [-0.25, -0.2) is 0 Å². The molecule has 0 aromatic heterocycles. The first-order valence-corrected chi connectivity index (χ1v) is 8.39. The number of rotatable bonds is 4. The smallest absolute Gasteiger partial charge is 0.0890 e. The van der Waals surface area contributed by atoms with Gasteiger partial charge in [0.05, 0.1) is 12.2 Å². The van der Waals surface area contributed by atoms with Crippen molar-refractivity contribution in [1.82, 2.24) is 4.90 Å². The molecule has 3 rings (SSSR count). The number of hydrogen-bond donors (Lipinski definition) is 2. The van der Waals surface area contributed by atoms with Crippen molar-refractivity contribution in [2.75, 3.05) is 19.7 Å². The molecule has 0 radical (unpaired) electrons. The molecule has 0 aliphatic carbocycles. The third-order valence-corrected chi connectivity index (χ3v) is 4.80. The first kappa shape index (κ1) is 16.2. The summed E-state index contributed by atoms with van der Waals surface area (Å²) in [5.41, 5.74) is 2.93. The first-order chi connectivity index (χ1) is 11.2. The number of benzene rings is 2. The number of nitrogens with zero attached hydrogens (tertiary/aromatic N) is 1. The lowest BCUT2D eigenvalue weighted by Crippen LogP contribution is -2.34. The van der Waals surface area contributed by atoms with E-state index >= 15 is 0 Å². The van der Waals surface area contributed by atoms with Gasteiger partial charge in [-0.05, 0) is 42.5 Å². The molecular weight excluding hydrogens is 286 g/mol. The standard InChI is InChI=1S/C20H25NO2/c22-16-20(23)11-6-13-21(14-12-20)15-18-9-4-5-10-19(18)17-7-2-1-3-8-17/h1-5,7-10,22-23H,6,11-16H2/t20-/m0/s1. The zero-order valence-corrected chi connectivity index (χ0v) is 13.5. The van der Waals surface area contributed by atoms with Crippen molar-refractivity contribution >= 4 is 0 Å². The van der Waals surface area contributed by atoms with Crippen molar-refractivity contribution in [3.8, 4) is 11.1 Å². The maximum absolute atomic E-state index is 10.3. The monoisotopic (exact) mass is 311 g/mol. The fourth-order valence-corrected chi connectivity index (χ4v) is 3.35. The van der Waals surface area contributed by atoms with E-state index in [1.165, 1.54) is 16.7 Å². The Morgan fingerprint density at radius 1 is 0.913 bits per heavy atom. The summed E-state index contributed by atoms with van der Waals surface area (Å²) in [4.78, 5) is 2.38. The molecule has 0 bridgehead atoms. The highest BCUT2D eigenvalue weighted by atomic mass is 16.3. The maximum Gasteiger partial charge on any atom is 0.0890 e. The van der Waals surface area contributed by atoms with Crippen molar-refractivity contribution in [2.24, 2.45) is 0 Å². The van der Waals surface area contributed by atoms with E-state index in [-0.39, 0.29) is 6.61 Å². The third kappa shape index (κ3) is 3.99. The highest BCUT2D eigenvalue weighted by molar-refractivity contribution is 5.67. The second kappa shape index (κ2) is 7.26. The molecule has 3 heteroatoms. The van der Waals surface area contributed by atoms with Crippen molar-refractivity contribution in [1.29, 1.82) is 0 Å². The molecule has 0 saturated carbocycles. The number of hydrogen-bond acceptors (Lipinski definition) is 3. The fraction of sp³-hybridized carbons (Fsp3) is 0.400. The van der Waals surface area contributed by atoms with Gasteiger partial charge in [0.1, 0.15) is 0 Å². The molecule has 3 nitrogen and oxygen atoms in total. The molecule has 0 spiro atoms. The molecule has 2 aromatic rings. The van der Waals surface area contributed by atoms with Crippen LogP contribution in [0.25, 0.3) is 11.1 Å². The van der Waals surface area contributed by atoms with Crippen LogP contribution in [0.5, 0.6) is 0 Å². The van der Waals surface area contributed by atoms with E-state index < -0.39 is 5.60 Å². The zero-order valence-electron chi connectivity index (χ0n) is 13.5. The molecule has 1 saturated heterocycles. The molecule has 122 valence electrons. The number of likely N-dealkylation sites (tertiary alicyclic amines) is 1. The Morgan fingerprint density at radius 3 is 2.43 bits per heavy atom. The maximum atomic E-state index is 10.3. The van der Waals surface area contributed by atoms with Crippen LogP contribution < -0.4 is 0 Å². The SMILES string of the molecule is OC[C@]1(O)CCCN(Cc2ccccc2-c2ccccc2)CC1. The number of aliphatic hydroxyl groups excluding tert-OH is 1. The van der Waals surface area contributed by atoms with Crippen LogP contribution in [0.15, 0.2) is 54.6 Å². The largest absolute Gasteiger partial charge is 0.393 e. The van der Waals surface area contributed by atoms with Crippen molar-refractivity contribution in [2.45, 2.75) is 31.4 Å². The summed E-state index contributed by atoms with van der Waals surface area (Å²) in [6, 6.07) is 19.0. The lowest BCUT2D eigenvalue weighted by atomic mass is 9.96. The average Bonchev–Trinajstić information content (AvgIpc) is 2.79. The van der Waals surface area contributed by atoms with Gasteiger partial charge in [0.25, 0.3) is 0 Å². The van der Waals surface area contributed by atoms with Crippen molar-refractivity contribution < 1.29 is 10.2 Å². The third-order valence-electron chi connectivity index (χ3n) is 4.80. The highest BCUT2D eigenvalue weighted by Gasteiger charge is 2.29. The topological polar surface area (TPSA) is 43.7 Å². The molecule has 1 aliphatic heterocycles. The molecule has 0 unspecified atom stereocenters.